The second-order valence-corrected chi connectivity index (χ2v) is 8.13. The van der Waals surface area contributed by atoms with E-state index in [4.69, 9.17) is 11.6 Å². The average Bonchev–Trinajstić information content (AvgIpc) is 2.34. The van der Waals surface area contributed by atoms with Gasteiger partial charge < -0.3 is 0 Å². The van der Waals surface area contributed by atoms with Gasteiger partial charge in [0, 0.05) is 18.7 Å². The van der Waals surface area contributed by atoms with Gasteiger partial charge in [-0.2, -0.15) is 0 Å². The normalized spacial score (nSPS) is 14.0. The molecule has 0 aliphatic heterocycles. The zero-order valence-corrected chi connectivity index (χ0v) is 14.0. The highest BCUT2D eigenvalue weighted by molar-refractivity contribution is 7.89. The summed E-state index contributed by atoms with van der Waals surface area (Å²) in [6.07, 6.45) is 0. The zero-order chi connectivity index (χ0) is 16.4. The van der Waals surface area contributed by atoms with Crippen LogP contribution in [0, 0.1) is 21.4 Å². The third-order valence-electron chi connectivity index (χ3n) is 3.47. The Labute approximate surface area is 129 Å². The molecule has 1 atom stereocenters. The first kappa shape index (κ1) is 17.9. The van der Waals surface area contributed by atoms with E-state index in [2.05, 4.69) is 4.72 Å². The van der Waals surface area contributed by atoms with Gasteiger partial charge in [-0.1, -0.05) is 39.3 Å². The molecule has 0 aromatic heterocycles. The first-order valence-electron chi connectivity index (χ1n) is 6.39. The monoisotopic (exact) mass is 334 g/mol. The molecule has 0 aliphatic rings. The van der Waals surface area contributed by atoms with Crippen LogP contribution < -0.4 is 4.72 Å². The van der Waals surface area contributed by atoms with Crippen LogP contribution in [-0.4, -0.2) is 19.9 Å². The predicted molar refractivity (Wildman–Crippen MR) is 81.9 cm³/mol. The highest BCUT2D eigenvalue weighted by atomic mass is 35.5. The van der Waals surface area contributed by atoms with E-state index >= 15 is 0 Å². The van der Waals surface area contributed by atoms with Crippen molar-refractivity contribution in [2.75, 3.05) is 6.54 Å². The molecular formula is C13H19ClN2O4S. The largest absolute Gasteiger partial charge is 0.270 e. The van der Waals surface area contributed by atoms with E-state index in [1.54, 1.807) is 0 Å². The van der Waals surface area contributed by atoms with E-state index < -0.39 is 14.9 Å². The minimum atomic E-state index is -3.89. The lowest BCUT2D eigenvalue weighted by Gasteiger charge is -2.27. The van der Waals surface area contributed by atoms with Gasteiger partial charge in [-0.3, -0.25) is 10.1 Å². The molecule has 1 rings (SSSR count). The molecule has 0 saturated carbocycles. The van der Waals surface area contributed by atoms with Crippen LogP contribution in [0.5, 0.6) is 0 Å². The van der Waals surface area contributed by atoms with E-state index in [1.165, 1.54) is 12.1 Å². The lowest BCUT2D eigenvalue weighted by atomic mass is 9.82. The molecule has 118 valence electrons. The second-order valence-electron chi connectivity index (χ2n) is 5.99. The molecule has 0 amide bonds. The Morgan fingerprint density at radius 3 is 2.43 bits per heavy atom. The highest BCUT2D eigenvalue weighted by Crippen LogP contribution is 2.28. The number of nitro groups is 1. The Kier molecular flexibility index (Phi) is 5.35. The smallest absolute Gasteiger partial charge is 0.258 e. The molecule has 0 radical (unpaired) electrons. The van der Waals surface area contributed by atoms with E-state index in [0.29, 0.717) is 0 Å². The van der Waals surface area contributed by atoms with Gasteiger partial charge in [-0.05, 0) is 17.4 Å². The van der Waals surface area contributed by atoms with Crippen molar-refractivity contribution in [2.24, 2.45) is 11.3 Å². The first-order chi connectivity index (χ1) is 9.45. The van der Waals surface area contributed by atoms with Crippen LogP contribution in [0.4, 0.5) is 5.69 Å². The highest BCUT2D eigenvalue weighted by Gasteiger charge is 2.25. The number of non-ortho nitro benzene ring substituents is 1. The summed E-state index contributed by atoms with van der Waals surface area (Å²) in [6, 6.07) is 3.34. The summed E-state index contributed by atoms with van der Waals surface area (Å²) in [5.74, 6) is 0.0877. The summed E-state index contributed by atoms with van der Waals surface area (Å²) in [6.45, 7) is 8.17. The molecule has 0 fully saturated rings. The number of benzene rings is 1. The molecule has 0 bridgehead atoms. The van der Waals surface area contributed by atoms with Crippen molar-refractivity contribution in [3.8, 4) is 0 Å². The average molecular weight is 335 g/mol. The lowest BCUT2D eigenvalue weighted by molar-refractivity contribution is -0.385. The standard InChI is InChI=1S/C13H19ClN2O4S/c1-9(13(2,3)4)8-15-21(19,20)12-7-10(16(17)18)5-6-11(12)14/h5-7,9,15H,8H2,1-4H3. The summed E-state index contributed by atoms with van der Waals surface area (Å²) >= 11 is 5.85. The van der Waals surface area contributed by atoms with Gasteiger partial charge in [0.25, 0.3) is 5.69 Å². The Morgan fingerprint density at radius 2 is 1.95 bits per heavy atom. The summed E-state index contributed by atoms with van der Waals surface area (Å²) < 4.78 is 26.9. The van der Waals surface area contributed by atoms with Crippen molar-refractivity contribution in [1.29, 1.82) is 0 Å². The third kappa shape index (κ3) is 4.66. The van der Waals surface area contributed by atoms with Gasteiger partial charge in [0.2, 0.25) is 10.0 Å². The Hall–Kier alpha value is -1.18. The number of nitrogens with zero attached hydrogens (tertiary/aromatic N) is 1. The quantitative estimate of drug-likeness (QED) is 0.661. The summed E-state index contributed by atoms with van der Waals surface area (Å²) in [7, 11) is -3.89. The van der Waals surface area contributed by atoms with E-state index in [0.717, 1.165) is 6.07 Å². The predicted octanol–water partition coefficient (Wildman–Crippen LogP) is 3.21. The van der Waals surface area contributed by atoms with Gasteiger partial charge in [-0.15, -0.1) is 0 Å². The SMILES string of the molecule is CC(CNS(=O)(=O)c1cc([N+](=O)[O-])ccc1Cl)C(C)(C)C. The fourth-order valence-corrected chi connectivity index (χ4v) is 3.08. The molecule has 0 spiro atoms. The fraction of sp³-hybridized carbons (Fsp3) is 0.538. The molecule has 0 saturated heterocycles. The number of halogens is 1. The molecule has 8 heteroatoms. The maximum atomic E-state index is 12.2. The molecule has 0 aliphatic carbocycles. The van der Waals surface area contributed by atoms with Crippen LogP contribution in [0.3, 0.4) is 0 Å². The number of hydrogen-bond donors (Lipinski definition) is 1. The van der Waals surface area contributed by atoms with Crippen molar-refractivity contribution in [2.45, 2.75) is 32.6 Å². The van der Waals surface area contributed by atoms with Crippen molar-refractivity contribution in [1.82, 2.24) is 4.72 Å². The Bertz CT molecular complexity index is 638. The fourth-order valence-electron chi connectivity index (χ4n) is 1.43. The van der Waals surface area contributed by atoms with Crippen LogP contribution in [0.2, 0.25) is 5.02 Å². The van der Waals surface area contributed by atoms with Crippen LogP contribution in [-0.2, 0) is 10.0 Å². The van der Waals surface area contributed by atoms with Crippen LogP contribution in [0.25, 0.3) is 0 Å². The maximum absolute atomic E-state index is 12.2. The van der Waals surface area contributed by atoms with E-state index in [-0.39, 0.29) is 33.5 Å². The maximum Gasteiger partial charge on any atom is 0.270 e. The van der Waals surface area contributed by atoms with Crippen molar-refractivity contribution in [3.05, 3.63) is 33.3 Å². The zero-order valence-electron chi connectivity index (χ0n) is 12.4. The molecule has 21 heavy (non-hydrogen) atoms. The Morgan fingerprint density at radius 1 is 1.38 bits per heavy atom. The molecule has 1 aromatic rings. The number of hydrogen-bond acceptors (Lipinski definition) is 4. The van der Waals surface area contributed by atoms with E-state index in [9.17, 15) is 18.5 Å². The number of nitro benzene ring substituents is 1. The van der Waals surface area contributed by atoms with Gasteiger partial charge in [-0.25, -0.2) is 13.1 Å². The number of sulfonamides is 1. The number of rotatable bonds is 5. The van der Waals surface area contributed by atoms with Crippen LogP contribution >= 0.6 is 11.6 Å². The van der Waals surface area contributed by atoms with Crippen LogP contribution in [0.15, 0.2) is 23.1 Å². The topological polar surface area (TPSA) is 89.3 Å². The molecule has 0 heterocycles. The molecule has 1 aromatic carbocycles. The van der Waals surface area contributed by atoms with Crippen molar-refractivity contribution in [3.63, 3.8) is 0 Å². The molecule has 6 nitrogen and oxygen atoms in total. The second kappa shape index (κ2) is 6.29. The van der Waals surface area contributed by atoms with Crippen molar-refractivity contribution >= 4 is 27.3 Å². The van der Waals surface area contributed by atoms with Crippen LogP contribution in [0.1, 0.15) is 27.7 Å². The Balaban J connectivity index is 3.03. The minimum absolute atomic E-state index is 0.0449. The molecular weight excluding hydrogens is 316 g/mol. The van der Waals surface area contributed by atoms with Gasteiger partial charge in [0.1, 0.15) is 4.90 Å². The summed E-state index contributed by atoms with van der Waals surface area (Å²) in [5.41, 5.74) is -0.377. The minimum Gasteiger partial charge on any atom is -0.258 e. The number of nitrogens with one attached hydrogen (secondary N) is 1. The first-order valence-corrected chi connectivity index (χ1v) is 8.25. The molecule has 1 N–H and O–H groups in total. The third-order valence-corrected chi connectivity index (χ3v) is 5.38. The van der Waals surface area contributed by atoms with Gasteiger partial charge >= 0.3 is 0 Å². The summed E-state index contributed by atoms with van der Waals surface area (Å²) in [4.78, 5) is 9.80. The lowest BCUT2D eigenvalue weighted by Crippen LogP contribution is -2.33. The van der Waals surface area contributed by atoms with Gasteiger partial charge in [0.15, 0.2) is 0 Å². The van der Waals surface area contributed by atoms with Crippen molar-refractivity contribution < 1.29 is 13.3 Å². The molecule has 1 unspecified atom stereocenters. The summed E-state index contributed by atoms with van der Waals surface area (Å²) in [5, 5.41) is 10.7. The van der Waals surface area contributed by atoms with Gasteiger partial charge in [0.05, 0.1) is 9.95 Å². The van der Waals surface area contributed by atoms with E-state index in [1.807, 2.05) is 27.7 Å².